The molecule has 1 N–H and O–H groups in total. The van der Waals surface area contributed by atoms with Gasteiger partial charge in [-0.25, -0.2) is 0 Å². The largest absolute Gasteiger partial charge is 0.495 e. The van der Waals surface area contributed by atoms with Crippen molar-refractivity contribution in [3.8, 4) is 16.4 Å². The Morgan fingerprint density at radius 3 is 2.84 bits per heavy atom. The highest BCUT2D eigenvalue weighted by molar-refractivity contribution is 7.13. The maximum Gasteiger partial charge on any atom is 0.236 e. The van der Waals surface area contributed by atoms with Crippen LogP contribution in [0.2, 0.25) is 0 Å². The number of aryl methyl sites for hydroxylation is 1. The first kappa shape index (κ1) is 15.9. The number of nitrogens with zero attached hydrogens (tertiary/aromatic N) is 1. The van der Waals surface area contributed by atoms with E-state index in [0.29, 0.717) is 22.9 Å². The average molecular weight is 354 g/mol. The Balaban J connectivity index is 1.59. The molecule has 5 nitrogen and oxygen atoms in total. The third kappa shape index (κ3) is 2.82. The van der Waals surface area contributed by atoms with Crippen molar-refractivity contribution in [3.05, 3.63) is 53.0 Å². The molecule has 2 heterocycles. The first-order chi connectivity index (χ1) is 12.1. The van der Waals surface area contributed by atoms with Gasteiger partial charge in [-0.1, -0.05) is 17.3 Å². The summed E-state index contributed by atoms with van der Waals surface area (Å²) < 4.78 is 10.8. The summed E-state index contributed by atoms with van der Waals surface area (Å²) in [6.45, 7) is 1.98. The number of hydrogen-bond acceptors (Lipinski definition) is 5. The van der Waals surface area contributed by atoms with Crippen molar-refractivity contribution in [3.63, 3.8) is 0 Å². The molecule has 2 aromatic heterocycles. The average Bonchev–Trinajstić information content (AvgIpc) is 3.02. The fraction of sp³-hybridized carbons (Fsp3) is 0.263. The first-order valence-corrected chi connectivity index (χ1v) is 8.97. The Hall–Kier alpha value is -2.60. The number of ether oxygens (including phenoxy) is 1. The van der Waals surface area contributed by atoms with E-state index >= 15 is 0 Å². The van der Waals surface area contributed by atoms with Gasteiger partial charge in [-0.15, -0.1) is 11.3 Å². The number of anilines is 1. The van der Waals surface area contributed by atoms with Gasteiger partial charge in [0.25, 0.3) is 0 Å². The van der Waals surface area contributed by atoms with Crippen LogP contribution in [0.25, 0.3) is 10.6 Å². The minimum Gasteiger partial charge on any atom is -0.495 e. The highest BCUT2D eigenvalue weighted by Gasteiger charge is 2.54. The molecule has 1 amide bonds. The molecule has 128 valence electrons. The van der Waals surface area contributed by atoms with Crippen LogP contribution in [-0.4, -0.2) is 18.2 Å². The number of carbonyl (C=O) groups excluding carboxylic acids is 1. The van der Waals surface area contributed by atoms with Crippen molar-refractivity contribution in [1.82, 2.24) is 5.16 Å². The van der Waals surface area contributed by atoms with E-state index in [0.717, 1.165) is 23.3 Å². The molecule has 0 atom stereocenters. The normalized spacial score (nSPS) is 15.0. The zero-order valence-electron chi connectivity index (χ0n) is 14.0. The van der Waals surface area contributed by atoms with E-state index in [1.54, 1.807) is 18.4 Å². The summed E-state index contributed by atoms with van der Waals surface area (Å²) in [5.74, 6) is 1.29. The van der Waals surface area contributed by atoms with Crippen molar-refractivity contribution < 1.29 is 14.1 Å². The lowest BCUT2D eigenvalue weighted by molar-refractivity contribution is -0.118. The lowest BCUT2D eigenvalue weighted by Crippen LogP contribution is -2.28. The standard InChI is InChI=1S/C19H18N2O3S/c1-12-5-6-14(23-2)13(10-12)20-18(22)19(7-8-19)17-11-15(24-21-17)16-4-3-9-25-16/h3-6,9-11H,7-8H2,1-2H3,(H,20,22). The second-order valence-corrected chi connectivity index (χ2v) is 7.24. The fourth-order valence-electron chi connectivity index (χ4n) is 2.92. The van der Waals surface area contributed by atoms with Crippen LogP contribution in [-0.2, 0) is 10.2 Å². The minimum absolute atomic E-state index is 0.0672. The van der Waals surface area contributed by atoms with Crippen molar-refractivity contribution in [2.75, 3.05) is 12.4 Å². The molecule has 1 saturated carbocycles. The molecule has 3 aromatic rings. The van der Waals surface area contributed by atoms with E-state index in [9.17, 15) is 4.79 Å². The lowest BCUT2D eigenvalue weighted by atomic mass is 10.0. The molecular formula is C19H18N2O3S. The van der Waals surface area contributed by atoms with Gasteiger partial charge in [-0.05, 0) is 48.9 Å². The molecule has 0 radical (unpaired) electrons. The van der Waals surface area contributed by atoms with Gasteiger partial charge in [-0.2, -0.15) is 0 Å². The van der Waals surface area contributed by atoms with Crippen LogP contribution in [0.5, 0.6) is 5.75 Å². The molecular weight excluding hydrogens is 336 g/mol. The number of nitrogens with one attached hydrogen (secondary N) is 1. The van der Waals surface area contributed by atoms with Crippen molar-refractivity contribution in [1.29, 1.82) is 0 Å². The van der Waals surface area contributed by atoms with E-state index in [-0.39, 0.29) is 5.91 Å². The predicted octanol–water partition coefficient (Wildman–Crippen LogP) is 4.39. The van der Waals surface area contributed by atoms with E-state index in [4.69, 9.17) is 9.26 Å². The highest BCUT2D eigenvalue weighted by Crippen LogP contribution is 2.49. The van der Waals surface area contributed by atoms with Crippen molar-refractivity contribution >= 4 is 22.9 Å². The zero-order valence-corrected chi connectivity index (χ0v) is 14.9. The first-order valence-electron chi connectivity index (χ1n) is 8.09. The highest BCUT2D eigenvalue weighted by atomic mass is 32.1. The number of rotatable bonds is 5. The van der Waals surface area contributed by atoms with Gasteiger partial charge in [0.1, 0.15) is 5.75 Å². The molecule has 0 spiro atoms. The van der Waals surface area contributed by atoms with Gasteiger partial charge in [0.05, 0.1) is 28.8 Å². The Kier molecular flexibility index (Phi) is 3.84. The molecule has 25 heavy (non-hydrogen) atoms. The smallest absolute Gasteiger partial charge is 0.236 e. The van der Waals surface area contributed by atoms with Crippen LogP contribution >= 0.6 is 11.3 Å². The van der Waals surface area contributed by atoms with Crippen LogP contribution < -0.4 is 10.1 Å². The van der Waals surface area contributed by atoms with Crippen molar-refractivity contribution in [2.24, 2.45) is 0 Å². The molecule has 1 aliphatic carbocycles. The number of methoxy groups -OCH3 is 1. The van der Waals surface area contributed by atoms with Crippen LogP contribution in [0.1, 0.15) is 24.1 Å². The summed E-state index contributed by atoms with van der Waals surface area (Å²) >= 11 is 1.59. The molecule has 1 aromatic carbocycles. The summed E-state index contributed by atoms with van der Waals surface area (Å²) in [4.78, 5) is 13.9. The summed E-state index contributed by atoms with van der Waals surface area (Å²) in [6.07, 6.45) is 1.53. The Labute approximate surface area is 149 Å². The monoisotopic (exact) mass is 354 g/mol. The topological polar surface area (TPSA) is 64.4 Å². The van der Waals surface area contributed by atoms with Crippen LogP contribution in [0, 0.1) is 6.92 Å². The molecule has 0 bridgehead atoms. The summed E-state index contributed by atoms with van der Waals surface area (Å²) in [5.41, 5.74) is 1.83. The number of amides is 1. The van der Waals surface area contributed by atoms with Gasteiger partial charge in [0.2, 0.25) is 5.91 Å². The predicted molar refractivity (Wildman–Crippen MR) is 97.1 cm³/mol. The summed E-state index contributed by atoms with van der Waals surface area (Å²) in [6, 6.07) is 11.5. The second kappa shape index (κ2) is 6.04. The molecule has 6 heteroatoms. The van der Waals surface area contributed by atoms with E-state index in [1.807, 2.05) is 48.7 Å². The zero-order chi connectivity index (χ0) is 17.4. The molecule has 1 fully saturated rings. The minimum atomic E-state index is -0.603. The number of carbonyl (C=O) groups is 1. The van der Waals surface area contributed by atoms with Crippen LogP contribution in [0.4, 0.5) is 5.69 Å². The van der Waals surface area contributed by atoms with Crippen molar-refractivity contribution in [2.45, 2.75) is 25.2 Å². The number of hydrogen-bond donors (Lipinski definition) is 1. The van der Waals surface area contributed by atoms with E-state index in [1.165, 1.54) is 0 Å². The lowest BCUT2D eigenvalue weighted by Gasteiger charge is -2.15. The third-order valence-corrected chi connectivity index (χ3v) is 5.44. The third-order valence-electron chi connectivity index (χ3n) is 4.55. The SMILES string of the molecule is COc1ccc(C)cc1NC(=O)C1(c2cc(-c3cccs3)on2)CC1. The van der Waals surface area contributed by atoms with Gasteiger partial charge in [0.15, 0.2) is 5.76 Å². The quantitative estimate of drug-likeness (QED) is 0.738. The maximum absolute atomic E-state index is 12.9. The Morgan fingerprint density at radius 1 is 1.32 bits per heavy atom. The van der Waals surface area contributed by atoms with E-state index < -0.39 is 5.41 Å². The number of aromatic nitrogens is 1. The Bertz CT molecular complexity index is 911. The Morgan fingerprint density at radius 2 is 2.16 bits per heavy atom. The molecule has 4 rings (SSSR count). The number of thiophene rings is 1. The maximum atomic E-state index is 12.9. The second-order valence-electron chi connectivity index (χ2n) is 6.29. The van der Waals surface area contributed by atoms with E-state index in [2.05, 4.69) is 10.5 Å². The van der Waals surface area contributed by atoms with Gasteiger partial charge in [0, 0.05) is 6.07 Å². The van der Waals surface area contributed by atoms with Gasteiger partial charge < -0.3 is 14.6 Å². The van der Waals surface area contributed by atoms with Crippen LogP contribution in [0.3, 0.4) is 0 Å². The molecule has 0 aliphatic heterocycles. The fourth-order valence-corrected chi connectivity index (χ4v) is 3.59. The summed E-state index contributed by atoms with van der Waals surface area (Å²) in [5, 5.41) is 9.16. The molecule has 0 saturated heterocycles. The molecule has 0 unspecified atom stereocenters. The van der Waals surface area contributed by atoms with Gasteiger partial charge >= 0.3 is 0 Å². The van der Waals surface area contributed by atoms with Crippen LogP contribution in [0.15, 0.2) is 46.3 Å². The number of benzene rings is 1. The molecule has 1 aliphatic rings. The van der Waals surface area contributed by atoms with Gasteiger partial charge in [-0.3, -0.25) is 4.79 Å². The summed E-state index contributed by atoms with van der Waals surface area (Å²) in [7, 11) is 1.60.